The van der Waals surface area contributed by atoms with E-state index in [4.69, 9.17) is 4.74 Å². The normalized spacial score (nSPS) is 13.4. The number of fused-ring (bicyclic) bond motifs is 1. The van der Waals surface area contributed by atoms with Crippen LogP contribution in [0.2, 0.25) is 0 Å². The SMILES string of the molecule is O=C(c1cccnc1)N1CCn2nnc(COc3cccnc3)c2C1. The number of nitrogens with zero attached hydrogens (tertiary/aromatic N) is 6. The summed E-state index contributed by atoms with van der Waals surface area (Å²) in [6.07, 6.45) is 6.57. The zero-order chi connectivity index (χ0) is 17.1. The van der Waals surface area contributed by atoms with Crippen molar-refractivity contribution in [1.29, 1.82) is 0 Å². The molecular weight excluding hydrogens is 320 g/mol. The maximum atomic E-state index is 12.6. The molecule has 25 heavy (non-hydrogen) atoms. The fourth-order valence-electron chi connectivity index (χ4n) is 2.74. The van der Waals surface area contributed by atoms with Gasteiger partial charge in [0.1, 0.15) is 18.1 Å². The molecule has 8 nitrogen and oxygen atoms in total. The first-order valence-electron chi connectivity index (χ1n) is 7.94. The average Bonchev–Trinajstić information content (AvgIpc) is 3.09. The van der Waals surface area contributed by atoms with Crippen molar-refractivity contribution in [3.05, 3.63) is 66.0 Å². The van der Waals surface area contributed by atoms with Crippen LogP contribution in [0.3, 0.4) is 0 Å². The van der Waals surface area contributed by atoms with Crippen LogP contribution in [-0.4, -0.2) is 42.3 Å². The van der Waals surface area contributed by atoms with Gasteiger partial charge in [0.05, 0.1) is 30.5 Å². The van der Waals surface area contributed by atoms with Crippen LogP contribution < -0.4 is 4.74 Å². The molecule has 1 aliphatic rings. The topological polar surface area (TPSA) is 86.0 Å². The predicted octanol–water partition coefficient (Wildman–Crippen LogP) is 1.30. The fourth-order valence-corrected chi connectivity index (χ4v) is 2.74. The Bertz CT molecular complexity index is 865. The number of ether oxygens (including phenoxy) is 1. The van der Waals surface area contributed by atoms with Gasteiger partial charge in [-0.05, 0) is 24.3 Å². The van der Waals surface area contributed by atoms with Crippen molar-refractivity contribution in [3.8, 4) is 5.75 Å². The Balaban J connectivity index is 1.49. The standard InChI is InChI=1S/C17H16N6O2/c24-17(13-3-1-5-18-9-13)22-7-8-23-16(11-22)15(20-21-23)12-25-14-4-2-6-19-10-14/h1-6,9-10H,7-8,11-12H2. The van der Waals surface area contributed by atoms with E-state index in [0.29, 0.717) is 30.9 Å². The third-order valence-corrected chi connectivity index (χ3v) is 4.05. The lowest BCUT2D eigenvalue weighted by molar-refractivity contribution is 0.0704. The van der Waals surface area contributed by atoms with Gasteiger partial charge in [0.2, 0.25) is 0 Å². The van der Waals surface area contributed by atoms with Gasteiger partial charge in [-0.3, -0.25) is 14.8 Å². The lowest BCUT2D eigenvalue weighted by atomic mass is 10.2. The molecule has 0 saturated heterocycles. The molecule has 4 heterocycles. The summed E-state index contributed by atoms with van der Waals surface area (Å²) in [5.74, 6) is 0.628. The highest BCUT2D eigenvalue weighted by atomic mass is 16.5. The Hall–Kier alpha value is -3.29. The second kappa shape index (κ2) is 6.68. The van der Waals surface area contributed by atoms with Crippen LogP contribution in [0.15, 0.2) is 49.1 Å². The molecule has 0 aliphatic carbocycles. The third-order valence-electron chi connectivity index (χ3n) is 4.05. The summed E-state index contributed by atoms with van der Waals surface area (Å²) in [5, 5.41) is 8.35. The van der Waals surface area contributed by atoms with Crippen molar-refractivity contribution < 1.29 is 9.53 Å². The van der Waals surface area contributed by atoms with Gasteiger partial charge in [-0.25, -0.2) is 4.68 Å². The number of pyridine rings is 2. The van der Waals surface area contributed by atoms with Gasteiger partial charge < -0.3 is 9.64 Å². The summed E-state index contributed by atoms with van der Waals surface area (Å²) in [4.78, 5) is 22.4. The summed E-state index contributed by atoms with van der Waals surface area (Å²) < 4.78 is 7.53. The molecule has 4 rings (SSSR count). The minimum atomic E-state index is -0.0420. The molecule has 3 aromatic rings. The van der Waals surface area contributed by atoms with Crippen LogP contribution in [0.5, 0.6) is 5.75 Å². The summed E-state index contributed by atoms with van der Waals surface area (Å²) in [5.41, 5.74) is 2.21. The molecule has 3 aromatic heterocycles. The second-order valence-electron chi connectivity index (χ2n) is 5.65. The summed E-state index contributed by atoms with van der Waals surface area (Å²) in [6.45, 7) is 1.94. The zero-order valence-electron chi connectivity index (χ0n) is 13.4. The minimum absolute atomic E-state index is 0.0420. The second-order valence-corrected chi connectivity index (χ2v) is 5.65. The number of hydrogen-bond acceptors (Lipinski definition) is 6. The van der Waals surface area contributed by atoms with Gasteiger partial charge in [0.15, 0.2) is 0 Å². The first kappa shape index (κ1) is 15.3. The van der Waals surface area contributed by atoms with Gasteiger partial charge in [0.25, 0.3) is 5.91 Å². The van der Waals surface area contributed by atoms with Crippen LogP contribution in [-0.2, 0) is 19.7 Å². The van der Waals surface area contributed by atoms with E-state index in [1.54, 1.807) is 41.8 Å². The van der Waals surface area contributed by atoms with Crippen molar-refractivity contribution in [2.24, 2.45) is 0 Å². The summed E-state index contributed by atoms with van der Waals surface area (Å²) in [6, 6.07) is 7.17. The number of hydrogen-bond donors (Lipinski definition) is 0. The molecule has 0 fully saturated rings. The molecular formula is C17H16N6O2. The Kier molecular flexibility index (Phi) is 4.07. The van der Waals surface area contributed by atoms with E-state index in [1.807, 2.05) is 16.8 Å². The highest BCUT2D eigenvalue weighted by Crippen LogP contribution is 2.18. The van der Waals surface area contributed by atoms with Crippen LogP contribution in [0.4, 0.5) is 0 Å². The molecule has 0 aromatic carbocycles. The molecule has 126 valence electrons. The highest BCUT2D eigenvalue weighted by molar-refractivity contribution is 5.93. The van der Waals surface area contributed by atoms with Gasteiger partial charge in [-0.15, -0.1) is 5.10 Å². The highest BCUT2D eigenvalue weighted by Gasteiger charge is 2.26. The maximum Gasteiger partial charge on any atom is 0.255 e. The molecule has 1 amide bonds. The lowest BCUT2D eigenvalue weighted by Gasteiger charge is -2.27. The molecule has 0 unspecified atom stereocenters. The maximum absolute atomic E-state index is 12.6. The molecule has 0 saturated carbocycles. The van der Waals surface area contributed by atoms with E-state index < -0.39 is 0 Å². The van der Waals surface area contributed by atoms with E-state index in [-0.39, 0.29) is 12.5 Å². The number of aromatic nitrogens is 5. The number of amides is 1. The lowest BCUT2D eigenvalue weighted by Crippen LogP contribution is -2.38. The van der Waals surface area contributed by atoms with Crippen molar-refractivity contribution in [2.45, 2.75) is 19.7 Å². The van der Waals surface area contributed by atoms with Crippen molar-refractivity contribution in [1.82, 2.24) is 29.9 Å². The van der Waals surface area contributed by atoms with E-state index in [9.17, 15) is 4.79 Å². The average molecular weight is 336 g/mol. The van der Waals surface area contributed by atoms with Crippen LogP contribution in [0, 0.1) is 0 Å². The zero-order valence-corrected chi connectivity index (χ0v) is 13.4. The Labute approximate surface area is 144 Å². The van der Waals surface area contributed by atoms with E-state index in [1.165, 1.54) is 0 Å². The smallest absolute Gasteiger partial charge is 0.255 e. The molecule has 0 spiro atoms. The molecule has 0 N–H and O–H groups in total. The van der Waals surface area contributed by atoms with Crippen LogP contribution in [0.25, 0.3) is 0 Å². The predicted molar refractivity (Wildman–Crippen MR) is 87.6 cm³/mol. The monoisotopic (exact) mass is 336 g/mol. The van der Waals surface area contributed by atoms with Gasteiger partial charge in [-0.2, -0.15) is 0 Å². The summed E-state index contributed by atoms with van der Waals surface area (Å²) in [7, 11) is 0. The van der Waals surface area contributed by atoms with Crippen molar-refractivity contribution in [3.63, 3.8) is 0 Å². The van der Waals surface area contributed by atoms with Crippen molar-refractivity contribution in [2.75, 3.05) is 6.54 Å². The Morgan fingerprint density at radius 3 is 2.72 bits per heavy atom. The van der Waals surface area contributed by atoms with Gasteiger partial charge >= 0.3 is 0 Å². The van der Waals surface area contributed by atoms with E-state index >= 15 is 0 Å². The number of rotatable bonds is 4. The quantitative estimate of drug-likeness (QED) is 0.714. The van der Waals surface area contributed by atoms with Crippen LogP contribution in [0.1, 0.15) is 21.7 Å². The number of carbonyl (C=O) groups excluding carboxylic acids is 1. The first-order valence-corrected chi connectivity index (χ1v) is 7.94. The van der Waals surface area contributed by atoms with Gasteiger partial charge in [0, 0.05) is 25.1 Å². The van der Waals surface area contributed by atoms with E-state index in [0.717, 1.165) is 11.4 Å². The fraction of sp³-hybridized carbons (Fsp3) is 0.235. The molecule has 0 bridgehead atoms. The van der Waals surface area contributed by atoms with Crippen LogP contribution >= 0.6 is 0 Å². The summed E-state index contributed by atoms with van der Waals surface area (Å²) >= 11 is 0. The molecule has 1 aliphatic heterocycles. The largest absolute Gasteiger partial charge is 0.486 e. The number of carbonyl (C=O) groups is 1. The minimum Gasteiger partial charge on any atom is -0.486 e. The Morgan fingerprint density at radius 2 is 1.96 bits per heavy atom. The molecule has 0 radical (unpaired) electrons. The van der Waals surface area contributed by atoms with Crippen molar-refractivity contribution >= 4 is 5.91 Å². The van der Waals surface area contributed by atoms with Gasteiger partial charge in [-0.1, -0.05) is 5.21 Å². The molecule has 0 atom stereocenters. The Morgan fingerprint density at radius 1 is 1.12 bits per heavy atom. The molecule has 8 heteroatoms. The first-order chi connectivity index (χ1) is 12.3. The van der Waals surface area contributed by atoms with E-state index in [2.05, 4.69) is 20.3 Å². The third kappa shape index (κ3) is 3.18.